The molecule has 7 heteroatoms. The summed E-state index contributed by atoms with van der Waals surface area (Å²) in [6.07, 6.45) is -0.452. The Morgan fingerprint density at radius 3 is 2.42 bits per heavy atom. The summed E-state index contributed by atoms with van der Waals surface area (Å²) < 4.78 is 17.5. The molecule has 0 amide bonds. The number of nitrogens with zero attached hydrogens (tertiary/aromatic N) is 3. The Labute approximate surface area is 183 Å². The van der Waals surface area contributed by atoms with E-state index in [-0.39, 0.29) is 17.8 Å². The number of allylic oxidation sites excluding steroid dienone is 1. The summed E-state index contributed by atoms with van der Waals surface area (Å²) in [4.78, 5) is 11.8. The van der Waals surface area contributed by atoms with Gasteiger partial charge in [0.25, 0.3) is 0 Å². The molecule has 1 heterocycles. The smallest absolute Gasteiger partial charge is 0.451 e. The molecule has 0 spiro atoms. The molecule has 0 bridgehead atoms. The Hall–Kier alpha value is -3.53. The van der Waals surface area contributed by atoms with Crippen molar-refractivity contribution in [1.29, 1.82) is 5.26 Å². The molecule has 0 aliphatic heterocycles. The highest BCUT2D eigenvalue weighted by atomic mass is 16.8. The average molecular weight is 424 g/mol. The molecule has 164 valence electrons. The van der Waals surface area contributed by atoms with Gasteiger partial charge in [0.1, 0.15) is 23.9 Å². The summed E-state index contributed by atoms with van der Waals surface area (Å²) in [5.74, 6) is 0.262. The fourth-order valence-corrected chi connectivity index (χ4v) is 2.94. The van der Waals surface area contributed by atoms with Crippen molar-refractivity contribution in [3.8, 4) is 6.07 Å². The molecular formula is C24H29N3O4. The van der Waals surface area contributed by atoms with Crippen molar-refractivity contribution in [2.45, 2.75) is 46.3 Å². The van der Waals surface area contributed by atoms with Gasteiger partial charge in [0.05, 0.1) is 5.69 Å². The molecule has 7 nitrogen and oxygen atoms in total. The molecule has 31 heavy (non-hydrogen) atoms. The number of rotatable bonds is 7. The molecule has 1 atom stereocenters. The van der Waals surface area contributed by atoms with E-state index in [9.17, 15) is 10.1 Å². The topological polar surface area (TPSA) is 86.4 Å². The molecule has 0 saturated heterocycles. The number of carbonyl (C=O) groups is 1. The van der Waals surface area contributed by atoms with Crippen LogP contribution in [0.15, 0.2) is 43.0 Å². The van der Waals surface area contributed by atoms with E-state index in [1.54, 1.807) is 24.7 Å². The summed E-state index contributed by atoms with van der Waals surface area (Å²) in [5, 5.41) is 14.3. The lowest BCUT2D eigenvalue weighted by molar-refractivity contribution is -0.0648. The fourth-order valence-electron chi connectivity index (χ4n) is 2.94. The molecule has 0 fully saturated rings. The van der Waals surface area contributed by atoms with Crippen molar-refractivity contribution >= 4 is 17.5 Å². The van der Waals surface area contributed by atoms with Crippen LogP contribution in [0.25, 0.3) is 11.3 Å². The predicted octanol–water partition coefficient (Wildman–Crippen LogP) is 5.12. The Bertz CT molecular complexity index is 1000. The fraction of sp³-hybridized carbons (Fsp3) is 0.375. The summed E-state index contributed by atoms with van der Waals surface area (Å²) >= 11 is 0. The third kappa shape index (κ3) is 6.22. The Kier molecular flexibility index (Phi) is 7.65. The number of hydrogen-bond acceptors (Lipinski definition) is 6. The highest BCUT2D eigenvalue weighted by molar-refractivity contribution is 5.94. The maximum absolute atomic E-state index is 11.8. The molecule has 2 aromatic rings. The number of ether oxygens (including phenoxy) is 3. The van der Waals surface area contributed by atoms with Gasteiger partial charge in [-0.15, -0.1) is 0 Å². The number of nitriles is 1. The minimum Gasteiger partial charge on any atom is -0.451 e. The number of aryl methyl sites for hydroxylation is 2. The predicted molar refractivity (Wildman–Crippen MR) is 119 cm³/mol. The van der Waals surface area contributed by atoms with Crippen molar-refractivity contribution in [2.75, 3.05) is 6.61 Å². The molecule has 0 radical (unpaired) electrons. The Balaban J connectivity index is 2.48. The maximum Gasteiger partial charge on any atom is 0.511 e. The van der Waals surface area contributed by atoms with Gasteiger partial charge in [-0.25, -0.2) is 4.79 Å². The van der Waals surface area contributed by atoms with Crippen molar-refractivity contribution < 1.29 is 19.0 Å². The second-order valence-corrected chi connectivity index (χ2v) is 8.09. The number of hydrogen-bond donors (Lipinski definition) is 0. The van der Waals surface area contributed by atoms with E-state index >= 15 is 0 Å². The van der Waals surface area contributed by atoms with E-state index in [1.807, 2.05) is 31.2 Å². The van der Waals surface area contributed by atoms with Gasteiger partial charge in [0, 0.05) is 14.0 Å². The van der Waals surface area contributed by atoms with E-state index in [0.29, 0.717) is 16.8 Å². The van der Waals surface area contributed by atoms with Crippen LogP contribution in [0, 0.1) is 18.3 Å². The van der Waals surface area contributed by atoms with E-state index < -0.39 is 12.4 Å². The van der Waals surface area contributed by atoms with Crippen LogP contribution in [0.4, 0.5) is 4.79 Å². The number of benzene rings is 1. The van der Waals surface area contributed by atoms with Crippen LogP contribution >= 0.6 is 0 Å². The first-order valence-electron chi connectivity index (χ1n) is 9.94. The largest absolute Gasteiger partial charge is 0.511 e. The van der Waals surface area contributed by atoms with Gasteiger partial charge in [0.2, 0.25) is 6.29 Å². The van der Waals surface area contributed by atoms with Crippen LogP contribution in [-0.4, -0.2) is 28.8 Å². The number of aromatic nitrogens is 2. The van der Waals surface area contributed by atoms with Crippen LogP contribution < -0.4 is 0 Å². The molecule has 0 N–H and O–H groups in total. The first-order chi connectivity index (χ1) is 14.6. The summed E-state index contributed by atoms with van der Waals surface area (Å²) in [5.41, 5.74) is 3.47. The second-order valence-electron chi connectivity index (χ2n) is 8.09. The molecule has 2 rings (SSSR count). The normalized spacial score (nSPS) is 12.9. The van der Waals surface area contributed by atoms with Gasteiger partial charge in [-0.05, 0) is 29.5 Å². The molecule has 1 unspecified atom stereocenters. The van der Waals surface area contributed by atoms with Gasteiger partial charge in [-0.3, -0.25) is 4.68 Å². The molecule has 1 aromatic heterocycles. The quantitative estimate of drug-likeness (QED) is 0.202. The second kappa shape index (κ2) is 9.98. The van der Waals surface area contributed by atoms with Crippen molar-refractivity contribution in [1.82, 2.24) is 9.78 Å². The molecule has 1 aromatic carbocycles. The maximum atomic E-state index is 11.8. The number of carbonyl (C=O) groups excluding carboxylic acids is 1. The Morgan fingerprint density at radius 2 is 1.94 bits per heavy atom. The molecule has 0 aliphatic carbocycles. The first kappa shape index (κ1) is 23.7. The van der Waals surface area contributed by atoms with Crippen LogP contribution in [0.3, 0.4) is 0 Å². The van der Waals surface area contributed by atoms with Gasteiger partial charge in [0.15, 0.2) is 5.76 Å². The summed E-state index contributed by atoms with van der Waals surface area (Å²) in [6, 6.07) is 11.8. The van der Waals surface area contributed by atoms with Crippen LogP contribution in [0.5, 0.6) is 0 Å². The van der Waals surface area contributed by atoms with Crippen LogP contribution in [0.1, 0.15) is 50.2 Å². The van der Waals surface area contributed by atoms with E-state index in [2.05, 4.69) is 38.5 Å². The highest BCUT2D eigenvalue weighted by Gasteiger charge is 2.22. The molecule has 0 saturated carbocycles. The minimum atomic E-state index is -1.00. The zero-order valence-electron chi connectivity index (χ0n) is 18.9. The van der Waals surface area contributed by atoms with Gasteiger partial charge in [-0.1, -0.05) is 57.7 Å². The third-order valence-electron chi connectivity index (χ3n) is 4.48. The van der Waals surface area contributed by atoms with Crippen molar-refractivity contribution in [3.05, 3.63) is 65.5 Å². The van der Waals surface area contributed by atoms with Gasteiger partial charge >= 0.3 is 6.16 Å². The van der Waals surface area contributed by atoms with Crippen LogP contribution in [0.2, 0.25) is 0 Å². The van der Waals surface area contributed by atoms with E-state index in [0.717, 1.165) is 11.3 Å². The van der Waals surface area contributed by atoms with Gasteiger partial charge in [-0.2, -0.15) is 10.4 Å². The van der Waals surface area contributed by atoms with Crippen molar-refractivity contribution in [3.63, 3.8) is 0 Å². The summed E-state index contributed by atoms with van der Waals surface area (Å²) in [7, 11) is 1.76. The summed E-state index contributed by atoms with van der Waals surface area (Å²) in [6.45, 7) is 13.3. The SMILES string of the molecule is C=CCOC(=O)OC(C)O/C(=C(/C#N)c1ccc(C(C)(C)C)cc1)c1cc(C)nn1C. The molecular weight excluding hydrogens is 394 g/mol. The zero-order valence-corrected chi connectivity index (χ0v) is 18.9. The Morgan fingerprint density at radius 1 is 1.29 bits per heavy atom. The van der Waals surface area contributed by atoms with E-state index in [4.69, 9.17) is 14.2 Å². The lowest BCUT2D eigenvalue weighted by atomic mass is 9.86. The lowest BCUT2D eigenvalue weighted by Gasteiger charge is -2.20. The van der Waals surface area contributed by atoms with E-state index in [1.165, 1.54) is 6.08 Å². The highest BCUT2D eigenvalue weighted by Crippen LogP contribution is 2.30. The first-order valence-corrected chi connectivity index (χ1v) is 9.94. The van der Waals surface area contributed by atoms with Gasteiger partial charge < -0.3 is 14.2 Å². The van der Waals surface area contributed by atoms with Crippen molar-refractivity contribution in [2.24, 2.45) is 7.05 Å². The zero-order chi connectivity index (χ0) is 23.2. The average Bonchev–Trinajstić information content (AvgIpc) is 3.03. The third-order valence-corrected chi connectivity index (χ3v) is 4.48. The van der Waals surface area contributed by atoms with Crippen LogP contribution in [-0.2, 0) is 26.7 Å². The standard InChI is InChI=1S/C24H29N3O4/c1-8-13-29-23(28)31-17(3)30-22(21-14-16(2)26-27(21)7)20(15-25)18-9-11-19(12-10-18)24(4,5)6/h8-12,14,17H,1,13H2,2-7H3/b22-20-. The lowest BCUT2D eigenvalue weighted by Crippen LogP contribution is -2.19. The monoisotopic (exact) mass is 423 g/mol. The minimum absolute atomic E-state index is 0.0122. The molecule has 0 aliphatic rings.